The molecule has 0 amide bonds. The van der Waals surface area contributed by atoms with E-state index in [0.29, 0.717) is 62.9 Å². The Bertz CT molecular complexity index is 4320. The molecular formula is C80H92N4O12. The van der Waals surface area contributed by atoms with Crippen LogP contribution in [0.25, 0.3) is 11.0 Å². The molecule has 4 aromatic rings. The van der Waals surface area contributed by atoms with E-state index < -0.39 is 99.3 Å². The van der Waals surface area contributed by atoms with Crippen molar-refractivity contribution in [3.8, 4) is 17.2 Å². The fourth-order valence-corrected chi connectivity index (χ4v) is 24.2. The van der Waals surface area contributed by atoms with E-state index in [1.807, 2.05) is 13.0 Å². The minimum Gasteiger partial charge on any atom is -0.508 e. The zero-order valence-electron chi connectivity index (χ0n) is 55.4. The summed E-state index contributed by atoms with van der Waals surface area (Å²) in [5, 5.41) is 98.8. The Morgan fingerprint density at radius 2 is 1.74 bits per heavy atom. The van der Waals surface area contributed by atoms with Gasteiger partial charge in [0.15, 0.2) is 5.43 Å². The molecule has 96 heavy (non-hydrogen) atoms. The zero-order chi connectivity index (χ0) is 65.9. The number of carbonyl (C=O) groups is 1. The minimum atomic E-state index is -1.68. The molecule has 18 atom stereocenters. The third-order valence-corrected chi connectivity index (χ3v) is 28.1. The SMILES string of the molecule is CC=C(C(=O)OC1Cc2c3c(c4oc(CO)cc(=O)c4c2O)C2C4=CCNC(N)=C4C(C4CCC5=C6C=CC(C)NC6NC=C5CC4C1(C)O3)C1(CCCC1)Cc1ccc(O)cc1C2CO)C1(O)CC2c3cccc4c3C3(C=CC2C1C3)CC1(CCC2CCCCC2(O)C1)C4O. The highest BCUT2D eigenvalue weighted by Gasteiger charge is 2.68. The normalized spacial score (nSPS) is 39.3. The van der Waals surface area contributed by atoms with E-state index in [0.717, 1.165) is 109 Å². The Labute approximate surface area is 560 Å². The van der Waals surface area contributed by atoms with Crippen LogP contribution in [0.5, 0.6) is 17.2 Å². The van der Waals surface area contributed by atoms with E-state index in [-0.39, 0.29) is 94.0 Å². The maximum Gasteiger partial charge on any atom is 0.337 e. The standard InChI is InChI=1S/C80H92N4O12/c1-4-57(80(93)33-55-47-20-26-77(34-59(47)80)38-78(71(90)52-12-9-11-48(55)66(52)77)25-19-43-10-5-6-24-79(43,92)39-78)74(91)95-61-31-54-68(89)64-60(88)30-45(36-85)94-70(64)65-62-51-21-27-82-72(81)63(51)67(76(22-7-8-23-76)32-41-14-15-44(87)29-53(41)56(62)37-86)50-18-17-46-42(28-58(50)75(61,3)96-69(54)65)35-83-73-49(46)16-13-40(2)84-73/h4,9,11-16,20-21,26,29-30,35,40,43,47,50,55-56,58-59,61-62,67,71,73,82-87,89-90,92-93H,5-8,10,17-19,22-25,27-28,31-34,36-39,81H2,1-3H3. The molecule has 0 saturated heterocycles. The van der Waals surface area contributed by atoms with Crippen LogP contribution in [-0.2, 0) is 34.4 Å². The van der Waals surface area contributed by atoms with Crippen LogP contribution < -0.4 is 31.8 Å². The van der Waals surface area contributed by atoms with Crippen molar-refractivity contribution in [3.05, 3.63) is 179 Å². The maximum atomic E-state index is 16.6. The van der Waals surface area contributed by atoms with Crippen molar-refractivity contribution >= 4 is 16.9 Å². The monoisotopic (exact) mass is 1300 g/mol. The van der Waals surface area contributed by atoms with Crippen molar-refractivity contribution in [2.45, 2.75) is 214 Å². The zero-order valence-corrected chi connectivity index (χ0v) is 55.4. The Kier molecular flexibility index (Phi) is 13.8. The van der Waals surface area contributed by atoms with E-state index in [1.165, 1.54) is 17.2 Å². The number of esters is 1. The molecule has 504 valence electrons. The number of carbonyl (C=O) groups excluding carboxylic acids is 1. The molecular weight excluding hydrogens is 1210 g/mol. The number of aliphatic hydroxyl groups excluding tert-OH is 3. The van der Waals surface area contributed by atoms with E-state index in [4.69, 9.17) is 19.6 Å². The summed E-state index contributed by atoms with van der Waals surface area (Å²) in [6.07, 6.45) is 26.6. The molecule has 3 spiro atoms. The predicted molar refractivity (Wildman–Crippen MR) is 361 cm³/mol. The number of phenols is 2. The molecule has 19 rings (SSSR count). The van der Waals surface area contributed by atoms with Gasteiger partial charge in [-0.1, -0.05) is 86.4 Å². The molecule has 8 bridgehead atoms. The highest BCUT2D eigenvalue weighted by molar-refractivity contribution is 5.93. The van der Waals surface area contributed by atoms with Gasteiger partial charge in [-0.05, 0) is 213 Å². The van der Waals surface area contributed by atoms with Gasteiger partial charge in [0.2, 0.25) is 0 Å². The molecule has 12 N–H and O–H groups in total. The molecule has 1 aromatic heterocycles. The lowest BCUT2D eigenvalue weighted by Crippen LogP contribution is -2.60. The first-order valence-corrected chi connectivity index (χ1v) is 36.2. The number of benzene rings is 3. The topological polar surface area (TPSA) is 269 Å². The second-order valence-electron chi connectivity index (χ2n) is 32.5. The number of aliphatic hydroxyl groups is 5. The first-order valence-electron chi connectivity index (χ1n) is 36.2. The molecule has 18 unspecified atom stereocenters. The lowest BCUT2D eigenvalue weighted by Gasteiger charge is -2.59. The molecule has 15 aliphatic rings. The average Bonchev–Trinajstić information content (AvgIpc) is 1.39. The molecule has 6 heterocycles. The largest absolute Gasteiger partial charge is 0.508 e. The highest BCUT2D eigenvalue weighted by Crippen LogP contribution is 2.72. The van der Waals surface area contributed by atoms with E-state index in [9.17, 15) is 35.7 Å². The number of allylic oxidation sites excluding steroid dienone is 7. The second-order valence-corrected chi connectivity index (χ2v) is 32.5. The van der Waals surface area contributed by atoms with Gasteiger partial charge in [-0.2, -0.15) is 0 Å². The number of phenolic OH excluding ortho intramolecular Hbond substituents is 2. The first kappa shape index (κ1) is 61.4. The van der Waals surface area contributed by atoms with Crippen molar-refractivity contribution in [2.24, 2.45) is 52.1 Å². The molecule has 5 aliphatic heterocycles. The predicted octanol–water partition coefficient (Wildman–Crippen LogP) is 10.5. The summed E-state index contributed by atoms with van der Waals surface area (Å²) in [5.41, 5.74) is 12.4. The summed E-state index contributed by atoms with van der Waals surface area (Å²) in [7, 11) is 0. The van der Waals surface area contributed by atoms with Gasteiger partial charge in [-0.3, -0.25) is 10.1 Å². The van der Waals surface area contributed by atoms with E-state index in [2.05, 4.69) is 84.6 Å². The fraction of sp³-hybridized carbons (Fsp3) is 0.550. The van der Waals surface area contributed by atoms with Crippen LogP contribution in [0.1, 0.15) is 198 Å². The van der Waals surface area contributed by atoms with Gasteiger partial charge in [-0.15, -0.1) is 0 Å². The van der Waals surface area contributed by atoms with Gasteiger partial charge < -0.3 is 66.0 Å². The van der Waals surface area contributed by atoms with Gasteiger partial charge in [0.1, 0.15) is 69.9 Å². The van der Waals surface area contributed by atoms with Crippen LogP contribution in [-0.4, -0.2) is 90.0 Å². The summed E-state index contributed by atoms with van der Waals surface area (Å²) >= 11 is 0. The van der Waals surface area contributed by atoms with E-state index in [1.54, 1.807) is 18.2 Å². The highest BCUT2D eigenvalue weighted by atomic mass is 16.6. The van der Waals surface area contributed by atoms with Gasteiger partial charge in [0, 0.05) is 76.9 Å². The molecule has 10 aliphatic carbocycles. The molecule has 3 aromatic carbocycles. The van der Waals surface area contributed by atoms with Crippen LogP contribution in [0.15, 0.2) is 134 Å². The van der Waals surface area contributed by atoms with Gasteiger partial charge in [-0.25, -0.2) is 4.79 Å². The second kappa shape index (κ2) is 21.5. The Morgan fingerprint density at radius 3 is 2.55 bits per heavy atom. The minimum absolute atomic E-state index is 0.00957. The number of fused-ring (bicyclic) bond motifs is 12. The van der Waals surface area contributed by atoms with Crippen molar-refractivity contribution in [1.29, 1.82) is 0 Å². The molecule has 5 saturated carbocycles. The summed E-state index contributed by atoms with van der Waals surface area (Å²) < 4.78 is 22.3. The number of aromatic hydroxyl groups is 2. The smallest absolute Gasteiger partial charge is 0.337 e. The van der Waals surface area contributed by atoms with Crippen LogP contribution in [0.3, 0.4) is 0 Å². The quantitative estimate of drug-likeness (QED) is 0.0504. The van der Waals surface area contributed by atoms with Crippen LogP contribution >= 0.6 is 0 Å². The van der Waals surface area contributed by atoms with Gasteiger partial charge >= 0.3 is 5.97 Å². The molecule has 5 fully saturated rings. The van der Waals surface area contributed by atoms with Gasteiger partial charge in [0.25, 0.3) is 0 Å². The lowest BCUT2D eigenvalue weighted by atomic mass is 9.47. The molecule has 16 nitrogen and oxygen atoms in total. The van der Waals surface area contributed by atoms with Gasteiger partial charge in [0.05, 0.1) is 23.9 Å². The van der Waals surface area contributed by atoms with Crippen molar-refractivity contribution in [1.82, 2.24) is 16.0 Å². The third kappa shape index (κ3) is 8.47. The van der Waals surface area contributed by atoms with Crippen molar-refractivity contribution < 1.29 is 54.4 Å². The number of hydrogen-bond donors (Lipinski definition) is 11. The van der Waals surface area contributed by atoms with Crippen LogP contribution in [0.2, 0.25) is 0 Å². The van der Waals surface area contributed by atoms with Crippen molar-refractivity contribution in [3.63, 3.8) is 0 Å². The summed E-state index contributed by atoms with van der Waals surface area (Å²) in [6, 6.07) is 13.2. The van der Waals surface area contributed by atoms with Crippen LogP contribution in [0, 0.1) is 46.3 Å². The summed E-state index contributed by atoms with van der Waals surface area (Å²) in [5.74, 6) is -3.65. The van der Waals surface area contributed by atoms with E-state index >= 15 is 9.59 Å². The number of rotatable bonds is 5. The maximum absolute atomic E-state index is 16.6. The number of dihydropyridines is 2. The number of nitrogens with two attached hydrogens (primary N) is 1. The molecule has 0 radical (unpaired) electrons. The lowest BCUT2D eigenvalue weighted by molar-refractivity contribution is -0.173. The van der Waals surface area contributed by atoms with Crippen LogP contribution in [0.4, 0.5) is 0 Å². The average molecular weight is 1300 g/mol. The number of ether oxygens (including phenoxy) is 2. The Hall–Kier alpha value is -6.92. The number of nitrogens with one attached hydrogen (secondary N) is 3. The molecule has 16 heteroatoms. The Morgan fingerprint density at radius 1 is 0.917 bits per heavy atom. The number of hydrogen-bond acceptors (Lipinski definition) is 16. The summed E-state index contributed by atoms with van der Waals surface area (Å²) in [6.45, 7) is 5.32. The van der Waals surface area contributed by atoms with Crippen molar-refractivity contribution in [2.75, 3.05) is 13.2 Å². The third-order valence-electron chi connectivity index (χ3n) is 28.1. The fourth-order valence-electron chi connectivity index (χ4n) is 24.2. The Balaban J connectivity index is 0.831. The summed E-state index contributed by atoms with van der Waals surface area (Å²) in [4.78, 5) is 31.6. The first-order chi connectivity index (χ1) is 46.3.